The quantitative estimate of drug-likeness (QED) is 0.542. The summed E-state index contributed by atoms with van der Waals surface area (Å²) >= 11 is 0. The first-order valence-electron chi connectivity index (χ1n) is 3.35. The van der Waals surface area contributed by atoms with Crippen LogP contribution >= 0.6 is 0 Å². The van der Waals surface area contributed by atoms with Crippen molar-refractivity contribution in [1.29, 1.82) is 5.26 Å². The van der Waals surface area contributed by atoms with E-state index in [4.69, 9.17) is 5.26 Å². The number of hydrogen-bond donors (Lipinski definition) is 0. The summed E-state index contributed by atoms with van der Waals surface area (Å²) in [5, 5.41) is 8.31. The van der Waals surface area contributed by atoms with E-state index in [1.807, 2.05) is 0 Å². The molecule has 0 atom stereocenters. The lowest BCUT2D eigenvalue weighted by molar-refractivity contribution is -0.275. The van der Waals surface area contributed by atoms with Gasteiger partial charge >= 0.3 is 6.36 Å². The summed E-state index contributed by atoms with van der Waals surface area (Å²) in [4.78, 5) is 2.46. The van der Waals surface area contributed by atoms with E-state index in [9.17, 15) is 22.0 Å². The van der Waals surface area contributed by atoms with Crippen molar-refractivity contribution in [2.45, 2.75) is 6.36 Å². The maximum atomic E-state index is 12.7. The van der Waals surface area contributed by atoms with Crippen molar-refractivity contribution in [3.63, 3.8) is 0 Å². The van der Waals surface area contributed by atoms with Crippen LogP contribution in [0.5, 0.6) is 5.75 Å². The van der Waals surface area contributed by atoms with Crippen LogP contribution in [0.4, 0.5) is 22.0 Å². The van der Waals surface area contributed by atoms with Crippen molar-refractivity contribution in [3.8, 4) is 11.8 Å². The van der Waals surface area contributed by atoms with E-state index in [0.29, 0.717) is 6.07 Å². The van der Waals surface area contributed by atoms with Crippen LogP contribution < -0.4 is 4.74 Å². The molecule has 0 unspecified atom stereocenters. The number of nitrogens with zero attached hydrogens (tertiary/aromatic N) is 2. The van der Waals surface area contributed by atoms with E-state index < -0.39 is 29.6 Å². The SMILES string of the molecule is N#Cc1cc(F)nc(F)c1OC(F)(F)F. The topological polar surface area (TPSA) is 45.9 Å². The summed E-state index contributed by atoms with van der Waals surface area (Å²) in [5.41, 5.74) is -0.919. The Kier molecular flexibility index (Phi) is 2.74. The predicted octanol–water partition coefficient (Wildman–Crippen LogP) is 2.13. The monoisotopic (exact) mass is 224 g/mol. The number of hydrogen-bond acceptors (Lipinski definition) is 3. The Morgan fingerprint density at radius 3 is 2.40 bits per heavy atom. The molecular formula is C7HF5N2O. The van der Waals surface area contributed by atoms with Crippen LogP contribution in [0, 0.1) is 23.2 Å². The smallest absolute Gasteiger partial charge is 0.399 e. The number of nitriles is 1. The second-order valence-corrected chi connectivity index (χ2v) is 2.27. The Labute approximate surface area is 79.7 Å². The van der Waals surface area contributed by atoms with Crippen LogP contribution in [0.25, 0.3) is 0 Å². The third-order valence-electron chi connectivity index (χ3n) is 1.24. The highest BCUT2D eigenvalue weighted by Crippen LogP contribution is 2.28. The van der Waals surface area contributed by atoms with Gasteiger partial charge in [-0.2, -0.15) is 19.0 Å². The summed E-state index contributed by atoms with van der Waals surface area (Å²) in [6.45, 7) is 0. The lowest BCUT2D eigenvalue weighted by atomic mass is 10.2. The van der Waals surface area contributed by atoms with Gasteiger partial charge in [0.2, 0.25) is 11.7 Å². The number of rotatable bonds is 1. The van der Waals surface area contributed by atoms with Gasteiger partial charge in [-0.1, -0.05) is 0 Å². The zero-order valence-corrected chi connectivity index (χ0v) is 6.77. The second kappa shape index (κ2) is 3.68. The van der Waals surface area contributed by atoms with E-state index in [1.165, 1.54) is 0 Å². The molecule has 15 heavy (non-hydrogen) atoms. The molecule has 1 aromatic heterocycles. The Bertz CT molecular complexity index is 423. The Hall–Kier alpha value is -1.91. The minimum atomic E-state index is -5.17. The number of ether oxygens (including phenoxy) is 1. The first-order valence-corrected chi connectivity index (χ1v) is 3.35. The maximum Gasteiger partial charge on any atom is 0.573 e. The molecule has 0 saturated heterocycles. The average molecular weight is 224 g/mol. The normalized spacial score (nSPS) is 10.9. The third-order valence-corrected chi connectivity index (χ3v) is 1.24. The largest absolute Gasteiger partial charge is 0.573 e. The van der Waals surface area contributed by atoms with Gasteiger partial charge in [0, 0.05) is 6.07 Å². The van der Waals surface area contributed by atoms with Gasteiger partial charge in [-0.25, -0.2) is 0 Å². The Morgan fingerprint density at radius 1 is 1.33 bits per heavy atom. The molecule has 0 aliphatic rings. The van der Waals surface area contributed by atoms with Crippen LogP contribution in [0.15, 0.2) is 6.07 Å². The fraction of sp³-hybridized carbons (Fsp3) is 0.143. The molecule has 1 aromatic rings. The van der Waals surface area contributed by atoms with Gasteiger partial charge in [0.05, 0.1) is 0 Å². The zero-order valence-electron chi connectivity index (χ0n) is 6.77. The van der Waals surface area contributed by atoms with E-state index in [1.54, 1.807) is 0 Å². The minimum Gasteiger partial charge on any atom is -0.399 e. The highest BCUT2D eigenvalue weighted by atomic mass is 19.4. The lowest BCUT2D eigenvalue weighted by Crippen LogP contribution is -2.19. The van der Waals surface area contributed by atoms with Crippen LogP contribution in [0.1, 0.15) is 5.56 Å². The van der Waals surface area contributed by atoms with Crippen molar-refractivity contribution in [2.75, 3.05) is 0 Å². The molecule has 0 aliphatic carbocycles. The predicted molar refractivity (Wildman–Crippen MR) is 35.6 cm³/mol. The molecule has 0 N–H and O–H groups in total. The van der Waals surface area contributed by atoms with Crippen LogP contribution in [-0.4, -0.2) is 11.3 Å². The molecule has 3 nitrogen and oxygen atoms in total. The molecule has 0 amide bonds. The van der Waals surface area contributed by atoms with Gasteiger partial charge in [0.15, 0.2) is 0 Å². The molecule has 8 heteroatoms. The highest BCUT2D eigenvalue weighted by Gasteiger charge is 2.34. The summed E-state index contributed by atoms with van der Waals surface area (Å²) in [7, 11) is 0. The first kappa shape index (κ1) is 11.2. The summed E-state index contributed by atoms with van der Waals surface area (Å²) in [5.74, 6) is -4.67. The summed E-state index contributed by atoms with van der Waals surface area (Å²) in [6, 6.07) is 1.49. The Morgan fingerprint density at radius 2 is 1.93 bits per heavy atom. The fourth-order valence-electron chi connectivity index (χ4n) is 0.768. The maximum absolute atomic E-state index is 12.7. The van der Waals surface area contributed by atoms with Gasteiger partial charge in [-0.15, -0.1) is 13.2 Å². The van der Waals surface area contributed by atoms with Crippen LogP contribution in [0.2, 0.25) is 0 Å². The number of aromatic nitrogens is 1. The standard InChI is InChI=1S/C7HF5N2O/c8-4-1-3(2-13)5(6(9)14-4)15-7(10,11)12/h1H. The average Bonchev–Trinajstić information content (AvgIpc) is 2.07. The third kappa shape index (κ3) is 2.77. The van der Waals surface area contributed by atoms with Gasteiger partial charge in [0.1, 0.15) is 11.6 Å². The van der Waals surface area contributed by atoms with Crippen molar-refractivity contribution in [2.24, 2.45) is 0 Å². The second-order valence-electron chi connectivity index (χ2n) is 2.27. The van der Waals surface area contributed by atoms with Crippen molar-refractivity contribution in [1.82, 2.24) is 4.98 Å². The highest BCUT2D eigenvalue weighted by molar-refractivity contribution is 5.41. The number of halogens is 5. The van der Waals surface area contributed by atoms with E-state index >= 15 is 0 Å². The van der Waals surface area contributed by atoms with Gasteiger partial charge in [-0.05, 0) is 0 Å². The summed E-state index contributed by atoms with van der Waals surface area (Å²) in [6.07, 6.45) is -5.17. The van der Waals surface area contributed by atoms with Crippen molar-refractivity contribution >= 4 is 0 Å². The molecule has 0 radical (unpaired) electrons. The molecule has 0 bridgehead atoms. The van der Waals surface area contributed by atoms with Crippen LogP contribution in [0.3, 0.4) is 0 Å². The van der Waals surface area contributed by atoms with Gasteiger partial charge < -0.3 is 4.74 Å². The van der Waals surface area contributed by atoms with Gasteiger partial charge in [-0.3, -0.25) is 0 Å². The van der Waals surface area contributed by atoms with E-state index in [-0.39, 0.29) is 0 Å². The molecule has 0 fully saturated rings. The molecule has 0 saturated carbocycles. The molecule has 1 rings (SSSR count). The zero-order chi connectivity index (χ0) is 11.6. The van der Waals surface area contributed by atoms with Crippen molar-refractivity contribution in [3.05, 3.63) is 23.5 Å². The van der Waals surface area contributed by atoms with E-state index in [0.717, 1.165) is 6.07 Å². The first-order chi connectivity index (χ1) is 6.83. The lowest BCUT2D eigenvalue weighted by Gasteiger charge is -2.09. The molecule has 1 heterocycles. The molecular weight excluding hydrogens is 223 g/mol. The molecule has 80 valence electrons. The minimum absolute atomic E-state index is 0.337. The van der Waals surface area contributed by atoms with Crippen LogP contribution in [-0.2, 0) is 0 Å². The van der Waals surface area contributed by atoms with Crippen molar-refractivity contribution < 1.29 is 26.7 Å². The summed E-state index contributed by atoms with van der Waals surface area (Å²) < 4.78 is 63.4. The molecule has 0 spiro atoms. The molecule has 0 aliphatic heterocycles. The Balaban J connectivity index is 3.23. The fourth-order valence-corrected chi connectivity index (χ4v) is 0.768. The molecule has 0 aromatic carbocycles. The van der Waals surface area contributed by atoms with E-state index in [2.05, 4.69) is 9.72 Å². The number of pyridine rings is 1. The number of alkyl halides is 3. The van der Waals surface area contributed by atoms with Gasteiger partial charge in [0.25, 0.3) is 5.95 Å².